The Morgan fingerprint density at radius 1 is 0.773 bits per heavy atom. The lowest BCUT2D eigenvalue weighted by Gasteiger charge is -2.24. The van der Waals surface area contributed by atoms with Gasteiger partial charge in [-0.1, -0.05) is 55.4 Å². The molecule has 0 radical (unpaired) electrons. The van der Waals surface area contributed by atoms with E-state index in [0.717, 1.165) is 12.8 Å². The third-order valence-corrected chi connectivity index (χ3v) is 4.35. The maximum atomic E-state index is 9.76. The molecule has 0 aromatic heterocycles. The zero-order valence-corrected chi connectivity index (χ0v) is 17.0. The van der Waals surface area contributed by atoms with Crippen LogP contribution in [-0.2, 0) is 9.05 Å². The van der Waals surface area contributed by atoms with E-state index in [1.165, 1.54) is 12.8 Å². The molecule has 0 bridgehead atoms. The van der Waals surface area contributed by atoms with Gasteiger partial charge in [-0.2, -0.15) is 0 Å². The van der Waals surface area contributed by atoms with Gasteiger partial charge in [0.1, 0.15) is 0 Å². The fourth-order valence-corrected chi connectivity index (χ4v) is 3.59. The smallest absolute Gasteiger partial charge is 0.328 e. The lowest BCUT2D eigenvalue weighted by atomic mass is 9.84. The first kappa shape index (κ1) is 22.3. The first-order valence-corrected chi connectivity index (χ1v) is 9.77. The zero-order valence-electron chi connectivity index (χ0n) is 16.1. The second-order valence-corrected chi connectivity index (χ2v) is 10.2. The standard InChI is InChI=1S/C18H39O3P/c1-15(13-17(3,4)5)9-11-20-22(19)21-12-10-16(2)14-18(6,7)8/h15-16,19H,9-14H2,1-8H3/t15-,16+,22?. The van der Waals surface area contributed by atoms with Crippen LogP contribution in [0.15, 0.2) is 0 Å². The monoisotopic (exact) mass is 334 g/mol. The topological polar surface area (TPSA) is 38.7 Å². The Kier molecular flexibility index (Phi) is 10.4. The molecule has 3 atom stereocenters. The highest BCUT2D eigenvalue weighted by atomic mass is 31.2. The van der Waals surface area contributed by atoms with Crippen molar-refractivity contribution >= 4 is 8.60 Å². The lowest BCUT2D eigenvalue weighted by molar-refractivity contribution is 0.170. The van der Waals surface area contributed by atoms with E-state index in [9.17, 15) is 4.89 Å². The third-order valence-electron chi connectivity index (χ3n) is 3.55. The van der Waals surface area contributed by atoms with E-state index in [1.54, 1.807) is 0 Å². The normalized spacial score (nSPS) is 17.3. The van der Waals surface area contributed by atoms with Crippen molar-refractivity contribution in [2.75, 3.05) is 13.2 Å². The van der Waals surface area contributed by atoms with Gasteiger partial charge in [-0.3, -0.25) is 0 Å². The van der Waals surface area contributed by atoms with Gasteiger partial charge in [-0.25, -0.2) is 0 Å². The van der Waals surface area contributed by atoms with Crippen molar-refractivity contribution in [1.82, 2.24) is 0 Å². The van der Waals surface area contributed by atoms with Crippen LogP contribution in [0.5, 0.6) is 0 Å². The number of rotatable bonds is 10. The van der Waals surface area contributed by atoms with Crippen LogP contribution < -0.4 is 0 Å². The minimum atomic E-state index is -1.71. The third kappa shape index (κ3) is 15.2. The molecule has 0 heterocycles. The molecule has 0 aliphatic rings. The molecule has 0 aliphatic heterocycles. The largest absolute Gasteiger partial charge is 0.329 e. The van der Waals surface area contributed by atoms with E-state index in [0.29, 0.717) is 35.9 Å². The van der Waals surface area contributed by atoms with Crippen LogP contribution in [0.1, 0.15) is 81.1 Å². The quantitative estimate of drug-likeness (QED) is 0.486. The predicted octanol–water partition coefficient (Wildman–Crippen LogP) is 6.16. The molecule has 4 heteroatoms. The van der Waals surface area contributed by atoms with Gasteiger partial charge < -0.3 is 13.9 Å². The Labute approximate surface area is 140 Å². The number of hydrogen-bond donors (Lipinski definition) is 1. The van der Waals surface area contributed by atoms with E-state index in [4.69, 9.17) is 9.05 Å². The molecule has 0 aromatic carbocycles. The van der Waals surface area contributed by atoms with E-state index in [-0.39, 0.29) is 0 Å². The summed E-state index contributed by atoms with van der Waals surface area (Å²) in [7, 11) is -1.71. The summed E-state index contributed by atoms with van der Waals surface area (Å²) in [5.74, 6) is 1.21. The molecule has 0 spiro atoms. The molecule has 0 saturated heterocycles. The summed E-state index contributed by atoms with van der Waals surface area (Å²) < 4.78 is 10.8. The van der Waals surface area contributed by atoms with Crippen LogP contribution in [0.25, 0.3) is 0 Å². The Bertz CT molecular complexity index is 253. The van der Waals surface area contributed by atoms with Crippen LogP contribution >= 0.6 is 8.60 Å². The summed E-state index contributed by atoms with van der Waals surface area (Å²) in [5, 5.41) is 0. The highest BCUT2D eigenvalue weighted by molar-refractivity contribution is 7.40. The molecule has 0 amide bonds. The Balaban J connectivity index is 3.68. The van der Waals surface area contributed by atoms with Crippen molar-refractivity contribution in [3.05, 3.63) is 0 Å². The second-order valence-electron chi connectivity index (χ2n) is 9.22. The van der Waals surface area contributed by atoms with Gasteiger partial charge in [0, 0.05) is 0 Å². The molecule has 22 heavy (non-hydrogen) atoms. The summed E-state index contributed by atoms with van der Waals surface area (Å²) >= 11 is 0. The highest BCUT2D eigenvalue weighted by Crippen LogP contribution is 2.35. The first-order chi connectivity index (χ1) is 9.89. The molecular formula is C18H39O3P. The molecule has 0 aliphatic carbocycles. The Morgan fingerprint density at radius 2 is 1.09 bits per heavy atom. The van der Waals surface area contributed by atoms with Gasteiger partial charge in [-0.05, 0) is 48.3 Å². The first-order valence-electron chi connectivity index (χ1n) is 8.64. The van der Waals surface area contributed by atoms with Crippen molar-refractivity contribution in [3.8, 4) is 0 Å². The maximum absolute atomic E-state index is 9.76. The van der Waals surface area contributed by atoms with Gasteiger partial charge in [0.25, 0.3) is 0 Å². The lowest BCUT2D eigenvalue weighted by Crippen LogP contribution is -2.13. The van der Waals surface area contributed by atoms with Gasteiger partial charge in [0.2, 0.25) is 0 Å². The van der Waals surface area contributed by atoms with Crippen molar-refractivity contribution in [3.63, 3.8) is 0 Å². The fourth-order valence-electron chi connectivity index (χ4n) is 3.00. The molecule has 0 saturated carbocycles. The van der Waals surface area contributed by atoms with Crippen LogP contribution in [0.3, 0.4) is 0 Å². The summed E-state index contributed by atoms with van der Waals surface area (Å²) in [4.78, 5) is 9.76. The van der Waals surface area contributed by atoms with Gasteiger partial charge in [0.15, 0.2) is 0 Å². The molecule has 1 unspecified atom stereocenters. The van der Waals surface area contributed by atoms with Gasteiger partial charge in [0.05, 0.1) is 13.2 Å². The molecule has 134 valence electrons. The molecule has 3 nitrogen and oxygen atoms in total. The summed E-state index contributed by atoms with van der Waals surface area (Å²) in [5.41, 5.74) is 0.701. The van der Waals surface area contributed by atoms with Crippen molar-refractivity contribution < 1.29 is 13.9 Å². The molecular weight excluding hydrogens is 295 g/mol. The maximum Gasteiger partial charge on any atom is 0.329 e. The summed E-state index contributed by atoms with van der Waals surface area (Å²) in [6, 6.07) is 0. The summed E-state index contributed by atoms with van der Waals surface area (Å²) in [6.07, 6.45) is 4.29. The minimum absolute atomic E-state index is 0.350. The van der Waals surface area contributed by atoms with Crippen LogP contribution in [0.4, 0.5) is 0 Å². The highest BCUT2D eigenvalue weighted by Gasteiger charge is 2.17. The zero-order chi connectivity index (χ0) is 17.4. The molecule has 0 aromatic rings. The van der Waals surface area contributed by atoms with Crippen LogP contribution in [0, 0.1) is 22.7 Å². The molecule has 0 rings (SSSR count). The SMILES string of the molecule is C[C@H](CCOP(O)OCC[C@H](C)CC(C)(C)C)CC(C)(C)C. The van der Waals surface area contributed by atoms with Crippen molar-refractivity contribution in [2.45, 2.75) is 81.1 Å². The number of hydrogen-bond acceptors (Lipinski definition) is 3. The van der Waals surface area contributed by atoms with Gasteiger partial charge >= 0.3 is 8.60 Å². The molecule has 1 N–H and O–H groups in total. The van der Waals surface area contributed by atoms with E-state index in [2.05, 4.69) is 55.4 Å². The Hall–Kier alpha value is 0.310. The van der Waals surface area contributed by atoms with Crippen molar-refractivity contribution in [1.29, 1.82) is 0 Å². The average molecular weight is 334 g/mol. The predicted molar refractivity (Wildman–Crippen MR) is 96.7 cm³/mol. The summed E-state index contributed by atoms with van der Waals surface area (Å²) in [6.45, 7) is 19.2. The Morgan fingerprint density at radius 3 is 1.36 bits per heavy atom. The van der Waals surface area contributed by atoms with E-state index in [1.807, 2.05) is 0 Å². The second kappa shape index (κ2) is 10.2. The van der Waals surface area contributed by atoms with Crippen LogP contribution in [-0.4, -0.2) is 18.1 Å². The van der Waals surface area contributed by atoms with Crippen LogP contribution in [0.2, 0.25) is 0 Å². The average Bonchev–Trinajstić information content (AvgIpc) is 2.23. The van der Waals surface area contributed by atoms with Crippen molar-refractivity contribution in [2.24, 2.45) is 22.7 Å². The van der Waals surface area contributed by atoms with E-state index < -0.39 is 8.60 Å². The fraction of sp³-hybridized carbons (Fsp3) is 1.00. The molecule has 0 fully saturated rings. The van der Waals surface area contributed by atoms with Gasteiger partial charge in [-0.15, -0.1) is 0 Å². The minimum Gasteiger partial charge on any atom is -0.328 e. The van der Waals surface area contributed by atoms with E-state index >= 15 is 0 Å².